The molecule has 0 amide bonds. The maximum Gasteiger partial charge on any atom is 0.343 e. The molecule has 0 saturated heterocycles. The monoisotopic (exact) mass is 330 g/mol. The lowest BCUT2D eigenvalue weighted by Gasteiger charge is -2.08. The first-order valence-electron chi connectivity index (χ1n) is 7.90. The SMILES string of the molecule is O=C(Oc1cccc2c1C(=O)/C(=C/c1ccco1)C2)c1ccccc1. The summed E-state index contributed by atoms with van der Waals surface area (Å²) in [6.07, 6.45) is 3.78. The third-order valence-electron chi connectivity index (χ3n) is 4.08. The first-order chi connectivity index (χ1) is 12.2. The third kappa shape index (κ3) is 2.90. The highest BCUT2D eigenvalue weighted by molar-refractivity contribution is 6.17. The largest absolute Gasteiger partial charge is 0.465 e. The fourth-order valence-corrected chi connectivity index (χ4v) is 2.91. The number of allylic oxidation sites excluding steroid dienone is 1. The van der Waals surface area contributed by atoms with Crippen molar-refractivity contribution in [2.75, 3.05) is 0 Å². The Balaban J connectivity index is 1.65. The van der Waals surface area contributed by atoms with Gasteiger partial charge >= 0.3 is 5.97 Å². The summed E-state index contributed by atoms with van der Waals surface area (Å²) >= 11 is 0. The molecule has 2 aromatic carbocycles. The predicted octanol–water partition coefficient (Wildman–Crippen LogP) is 4.32. The normalized spacial score (nSPS) is 14.6. The first kappa shape index (κ1) is 15.1. The molecule has 0 N–H and O–H groups in total. The van der Waals surface area contributed by atoms with Crippen LogP contribution in [0, 0.1) is 0 Å². The lowest BCUT2D eigenvalue weighted by Crippen LogP contribution is -2.10. The molecule has 4 nitrogen and oxygen atoms in total. The van der Waals surface area contributed by atoms with E-state index in [-0.39, 0.29) is 5.78 Å². The van der Waals surface area contributed by atoms with Gasteiger partial charge in [-0.05, 0) is 42.0 Å². The highest BCUT2D eigenvalue weighted by Gasteiger charge is 2.29. The quantitative estimate of drug-likeness (QED) is 0.408. The van der Waals surface area contributed by atoms with Gasteiger partial charge in [0.2, 0.25) is 0 Å². The smallest absolute Gasteiger partial charge is 0.343 e. The Morgan fingerprint density at radius 2 is 1.84 bits per heavy atom. The van der Waals surface area contributed by atoms with Gasteiger partial charge in [0, 0.05) is 12.0 Å². The number of furan rings is 1. The second kappa shape index (κ2) is 6.24. The van der Waals surface area contributed by atoms with Crippen LogP contribution in [0.3, 0.4) is 0 Å². The van der Waals surface area contributed by atoms with Crippen LogP contribution in [-0.2, 0) is 6.42 Å². The lowest BCUT2D eigenvalue weighted by molar-refractivity contribution is 0.0733. The summed E-state index contributed by atoms with van der Waals surface area (Å²) in [5, 5.41) is 0. The minimum Gasteiger partial charge on any atom is -0.465 e. The van der Waals surface area contributed by atoms with E-state index < -0.39 is 5.97 Å². The number of hydrogen-bond donors (Lipinski definition) is 0. The number of carbonyl (C=O) groups excluding carboxylic acids is 2. The summed E-state index contributed by atoms with van der Waals surface area (Å²) in [7, 11) is 0. The summed E-state index contributed by atoms with van der Waals surface area (Å²) in [5.41, 5.74) is 2.36. The molecule has 1 aromatic heterocycles. The molecule has 0 atom stereocenters. The molecule has 25 heavy (non-hydrogen) atoms. The summed E-state index contributed by atoms with van der Waals surface area (Å²) in [5.74, 6) is 0.298. The van der Waals surface area contributed by atoms with Crippen LogP contribution in [0.4, 0.5) is 0 Å². The lowest BCUT2D eigenvalue weighted by atomic mass is 10.1. The van der Waals surface area contributed by atoms with Crippen LogP contribution in [0.15, 0.2) is 76.9 Å². The second-order valence-electron chi connectivity index (χ2n) is 5.74. The van der Waals surface area contributed by atoms with E-state index >= 15 is 0 Å². The van der Waals surface area contributed by atoms with E-state index in [0.29, 0.717) is 34.6 Å². The van der Waals surface area contributed by atoms with E-state index in [0.717, 1.165) is 5.56 Å². The van der Waals surface area contributed by atoms with Crippen molar-refractivity contribution < 1.29 is 18.7 Å². The molecule has 4 rings (SSSR count). The topological polar surface area (TPSA) is 56.5 Å². The fourth-order valence-electron chi connectivity index (χ4n) is 2.91. The van der Waals surface area contributed by atoms with Gasteiger partial charge in [0.25, 0.3) is 0 Å². The molecule has 0 fully saturated rings. The van der Waals surface area contributed by atoms with Crippen LogP contribution in [0.2, 0.25) is 0 Å². The minimum absolute atomic E-state index is 0.136. The maximum absolute atomic E-state index is 12.8. The third-order valence-corrected chi connectivity index (χ3v) is 4.08. The number of benzene rings is 2. The van der Waals surface area contributed by atoms with Crippen molar-refractivity contribution in [2.45, 2.75) is 6.42 Å². The van der Waals surface area contributed by atoms with Crippen LogP contribution in [0.5, 0.6) is 5.75 Å². The number of rotatable bonds is 3. The van der Waals surface area contributed by atoms with Crippen molar-refractivity contribution in [1.82, 2.24) is 0 Å². The van der Waals surface area contributed by atoms with Crippen LogP contribution in [0.1, 0.15) is 32.0 Å². The van der Waals surface area contributed by atoms with E-state index in [1.807, 2.05) is 12.1 Å². The number of hydrogen-bond acceptors (Lipinski definition) is 4. The van der Waals surface area contributed by atoms with E-state index in [4.69, 9.17) is 9.15 Å². The zero-order valence-corrected chi connectivity index (χ0v) is 13.3. The van der Waals surface area contributed by atoms with Crippen LogP contribution in [-0.4, -0.2) is 11.8 Å². The molecule has 0 saturated carbocycles. The molecule has 3 aromatic rings. The Morgan fingerprint density at radius 3 is 2.60 bits per heavy atom. The molecule has 4 heteroatoms. The molecule has 1 heterocycles. The first-order valence-corrected chi connectivity index (χ1v) is 7.90. The van der Waals surface area contributed by atoms with Crippen molar-refractivity contribution in [3.8, 4) is 5.75 Å². The van der Waals surface area contributed by atoms with Gasteiger partial charge < -0.3 is 9.15 Å². The van der Waals surface area contributed by atoms with Crippen molar-refractivity contribution in [3.63, 3.8) is 0 Å². The molecule has 122 valence electrons. The number of carbonyl (C=O) groups is 2. The zero-order chi connectivity index (χ0) is 17.2. The summed E-state index contributed by atoms with van der Waals surface area (Å²) in [6.45, 7) is 0. The van der Waals surface area contributed by atoms with Gasteiger partial charge in [0.1, 0.15) is 11.5 Å². The standard InChI is InChI=1S/C21H14O4/c22-20-16(13-17-9-5-11-24-17)12-15-8-4-10-18(19(15)20)25-21(23)14-6-2-1-3-7-14/h1-11,13H,12H2/b16-13+. The van der Waals surface area contributed by atoms with Crippen molar-refractivity contribution in [2.24, 2.45) is 0 Å². The average molecular weight is 330 g/mol. The molecule has 0 unspecified atom stereocenters. The van der Waals surface area contributed by atoms with Gasteiger partial charge in [-0.25, -0.2) is 4.79 Å². The predicted molar refractivity (Wildman–Crippen MR) is 92.6 cm³/mol. The van der Waals surface area contributed by atoms with Gasteiger partial charge in [0.15, 0.2) is 5.78 Å². The fraction of sp³-hybridized carbons (Fsp3) is 0.0476. The molecule has 1 aliphatic carbocycles. The summed E-state index contributed by atoms with van der Waals surface area (Å²) < 4.78 is 10.8. The van der Waals surface area contributed by atoms with Crippen LogP contribution in [0.25, 0.3) is 6.08 Å². The van der Waals surface area contributed by atoms with E-state index in [2.05, 4.69) is 0 Å². The van der Waals surface area contributed by atoms with E-state index in [1.54, 1.807) is 60.9 Å². The molecular weight excluding hydrogens is 316 g/mol. The second-order valence-corrected chi connectivity index (χ2v) is 5.74. The highest BCUT2D eigenvalue weighted by atomic mass is 16.5. The Morgan fingerprint density at radius 1 is 1.00 bits per heavy atom. The Hall–Kier alpha value is -3.40. The number of fused-ring (bicyclic) bond motifs is 1. The maximum atomic E-state index is 12.8. The molecule has 0 bridgehead atoms. The van der Waals surface area contributed by atoms with Crippen molar-refractivity contribution >= 4 is 17.8 Å². The zero-order valence-electron chi connectivity index (χ0n) is 13.3. The molecule has 0 aliphatic heterocycles. The number of ketones is 1. The average Bonchev–Trinajstić information content (AvgIpc) is 3.25. The molecule has 0 radical (unpaired) electrons. The van der Waals surface area contributed by atoms with E-state index in [9.17, 15) is 9.59 Å². The van der Waals surface area contributed by atoms with Gasteiger partial charge in [-0.1, -0.05) is 30.3 Å². The van der Waals surface area contributed by atoms with Gasteiger partial charge in [-0.15, -0.1) is 0 Å². The van der Waals surface area contributed by atoms with Gasteiger partial charge in [0.05, 0.1) is 17.4 Å². The highest BCUT2D eigenvalue weighted by Crippen LogP contribution is 2.34. The van der Waals surface area contributed by atoms with Gasteiger partial charge in [-0.3, -0.25) is 4.79 Å². The minimum atomic E-state index is -0.481. The molecular formula is C21H14O4. The number of ether oxygens (including phenoxy) is 1. The van der Waals surface area contributed by atoms with Crippen molar-refractivity contribution in [1.29, 1.82) is 0 Å². The Bertz CT molecular complexity index is 966. The van der Waals surface area contributed by atoms with Crippen molar-refractivity contribution in [3.05, 3.63) is 95.0 Å². The molecule has 0 spiro atoms. The Kier molecular flexibility index (Phi) is 3.78. The number of Topliss-reactive ketones (excluding diaryl/α,β-unsaturated/α-hetero) is 1. The van der Waals surface area contributed by atoms with Gasteiger partial charge in [-0.2, -0.15) is 0 Å². The van der Waals surface area contributed by atoms with Crippen LogP contribution >= 0.6 is 0 Å². The molecule has 1 aliphatic rings. The van der Waals surface area contributed by atoms with E-state index in [1.165, 1.54) is 0 Å². The Labute approximate surface area is 144 Å². The number of esters is 1. The summed E-state index contributed by atoms with van der Waals surface area (Å²) in [6, 6.07) is 17.6. The summed E-state index contributed by atoms with van der Waals surface area (Å²) in [4.78, 5) is 25.1. The van der Waals surface area contributed by atoms with Crippen LogP contribution < -0.4 is 4.74 Å².